The van der Waals surface area contributed by atoms with E-state index >= 15 is 0 Å². The lowest BCUT2D eigenvalue weighted by atomic mass is 9.88. The maximum absolute atomic E-state index is 5.67. The summed E-state index contributed by atoms with van der Waals surface area (Å²) in [6.07, 6.45) is 2.52. The van der Waals surface area contributed by atoms with Gasteiger partial charge >= 0.3 is 0 Å². The number of hydrogen-bond donors (Lipinski definition) is 1. The summed E-state index contributed by atoms with van der Waals surface area (Å²) < 4.78 is 5.67. The standard InChI is InChI=1S/C15H22N2O/c1-2-5-14(6-3-1)11-17-9-4-7-15(12-17)13-18-10-8-16-15/h1-3,5-6,16H,4,7-13H2. The lowest BCUT2D eigenvalue weighted by Crippen LogP contribution is -2.62. The van der Waals surface area contributed by atoms with Crippen molar-refractivity contribution >= 4 is 0 Å². The number of nitrogens with zero attached hydrogens (tertiary/aromatic N) is 1. The van der Waals surface area contributed by atoms with Gasteiger partial charge in [0.25, 0.3) is 0 Å². The van der Waals surface area contributed by atoms with Crippen LogP contribution in [0.3, 0.4) is 0 Å². The normalized spacial score (nSPS) is 29.6. The molecule has 0 aliphatic carbocycles. The van der Waals surface area contributed by atoms with E-state index in [2.05, 4.69) is 40.5 Å². The molecule has 1 aromatic carbocycles. The largest absolute Gasteiger partial charge is 0.378 e. The van der Waals surface area contributed by atoms with E-state index < -0.39 is 0 Å². The molecule has 2 heterocycles. The summed E-state index contributed by atoms with van der Waals surface area (Å²) in [5.74, 6) is 0. The predicted molar refractivity (Wildman–Crippen MR) is 72.5 cm³/mol. The zero-order valence-electron chi connectivity index (χ0n) is 10.9. The summed E-state index contributed by atoms with van der Waals surface area (Å²) in [6.45, 7) is 6.11. The van der Waals surface area contributed by atoms with Crippen molar-refractivity contribution in [3.8, 4) is 0 Å². The molecule has 0 bridgehead atoms. The number of ether oxygens (including phenoxy) is 1. The summed E-state index contributed by atoms with van der Waals surface area (Å²) in [7, 11) is 0. The van der Waals surface area contributed by atoms with Gasteiger partial charge in [-0.25, -0.2) is 0 Å². The lowest BCUT2D eigenvalue weighted by Gasteiger charge is -2.45. The molecule has 0 amide bonds. The Morgan fingerprint density at radius 2 is 2.17 bits per heavy atom. The molecule has 0 aromatic heterocycles. The molecule has 2 saturated heterocycles. The molecule has 0 saturated carbocycles. The van der Waals surface area contributed by atoms with Crippen LogP contribution in [-0.4, -0.2) is 43.3 Å². The molecular weight excluding hydrogens is 224 g/mol. The maximum atomic E-state index is 5.67. The topological polar surface area (TPSA) is 24.5 Å². The van der Waals surface area contributed by atoms with Gasteiger partial charge in [0.05, 0.1) is 18.8 Å². The van der Waals surface area contributed by atoms with E-state index in [1.165, 1.54) is 24.9 Å². The smallest absolute Gasteiger partial charge is 0.0661 e. The molecule has 3 nitrogen and oxygen atoms in total. The molecule has 2 aliphatic rings. The van der Waals surface area contributed by atoms with Crippen molar-refractivity contribution in [3.05, 3.63) is 35.9 Å². The highest BCUT2D eigenvalue weighted by Crippen LogP contribution is 2.24. The van der Waals surface area contributed by atoms with E-state index in [0.29, 0.717) is 0 Å². The third kappa shape index (κ3) is 2.74. The van der Waals surface area contributed by atoms with E-state index in [9.17, 15) is 0 Å². The van der Waals surface area contributed by atoms with E-state index in [-0.39, 0.29) is 5.54 Å². The first-order chi connectivity index (χ1) is 8.86. The van der Waals surface area contributed by atoms with Gasteiger partial charge in [-0.05, 0) is 24.9 Å². The Bertz CT molecular complexity index is 368. The minimum absolute atomic E-state index is 0.214. The summed E-state index contributed by atoms with van der Waals surface area (Å²) >= 11 is 0. The van der Waals surface area contributed by atoms with Crippen LogP contribution in [0.5, 0.6) is 0 Å². The van der Waals surface area contributed by atoms with Gasteiger partial charge in [-0.1, -0.05) is 30.3 Å². The predicted octanol–water partition coefficient (Wildman–Crippen LogP) is 1.64. The second-order valence-electron chi connectivity index (χ2n) is 5.56. The second kappa shape index (κ2) is 5.39. The monoisotopic (exact) mass is 246 g/mol. The first-order valence-corrected chi connectivity index (χ1v) is 6.95. The number of hydrogen-bond acceptors (Lipinski definition) is 3. The van der Waals surface area contributed by atoms with E-state index in [0.717, 1.165) is 32.8 Å². The highest BCUT2D eigenvalue weighted by atomic mass is 16.5. The van der Waals surface area contributed by atoms with Crippen LogP contribution in [0.1, 0.15) is 18.4 Å². The van der Waals surface area contributed by atoms with Gasteiger partial charge in [0.15, 0.2) is 0 Å². The zero-order valence-corrected chi connectivity index (χ0v) is 10.9. The molecule has 1 atom stereocenters. The van der Waals surface area contributed by atoms with Crippen LogP contribution in [0.4, 0.5) is 0 Å². The van der Waals surface area contributed by atoms with Gasteiger partial charge < -0.3 is 10.1 Å². The highest BCUT2D eigenvalue weighted by Gasteiger charge is 2.36. The second-order valence-corrected chi connectivity index (χ2v) is 5.56. The molecule has 1 unspecified atom stereocenters. The molecule has 18 heavy (non-hydrogen) atoms. The maximum Gasteiger partial charge on any atom is 0.0661 e. The van der Waals surface area contributed by atoms with Crippen molar-refractivity contribution in [2.24, 2.45) is 0 Å². The molecular formula is C15H22N2O. The quantitative estimate of drug-likeness (QED) is 0.858. The van der Waals surface area contributed by atoms with Crippen LogP contribution in [-0.2, 0) is 11.3 Å². The van der Waals surface area contributed by atoms with Crippen molar-refractivity contribution < 1.29 is 4.74 Å². The fourth-order valence-corrected chi connectivity index (χ4v) is 3.17. The Morgan fingerprint density at radius 3 is 2.94 bits per heavy atom. The Hall–Kier alpha value is -0.900. The number of likely N-dealkylation sites (tertiary alicyclic amines) is 1. The van der Waals surface area contributed by atoms with Gasteiger partial charge in [0, 0.05) is 19.6 Å². The zero-order chi connectivity index (χ0) is 12.3. The molecule has 1 spiro atoms. The highest BCUT2D eigenvalue weighted by molar-refractivity contribution is 5.15. The molecule has 1 N–H and O–H groups in total. The molecule has 0 radical (unpaired) electrons. The number of benzene rings is 1. The van der Waals surface area contributed by atoms with Gasteiger partial charge in [-0.2, -0.15) is 0 Å². The average Bonchev–Trinajstić information content (AvgIpc) is 2.41. The van der Waals surface area contributed by atoms with Crippen LogP contribution in [0.25, 0.3) is 0 Å². The fraction of sp³-hybridized carbons (Fsp3) is 0.600. The molecule has 1 aromatic rings. The van der Waals surface area contributed by atoms with Crippen LogP contribution in [0.2, 0.25) is 0 Å². The van der Waals surface area contributed by atoms with Crippen molar-refractivity contribution in [1.82, 2.24) is 10.2 Å². The third-order valence-electron chi connectivity index (χ3n) is 4.03. The van der Waals surface area contributed by atoms with Crippen molar-refractivity contribution in [3.63, 3.8) is 0 Å². The summed E-state index contributed by atoms with van der Waals surface area (Å²) in [5, 5.41) is 3.68. The minimum atomic E-state index is 0.214. The van der Waals surface area contributed by atoms with Gasteiger partial charge in [-0.15, -0.1) is 0 Å². The first-order valence-electron chi connectivity index (χ1n) is 6.95. The van der Waals surface area contributed by atoms with Crippen molar-refractivity contribution in [2.75, 3.05) is 32.8 Å². The molecule has 3 heteroatoms. The van der Waals surface area contributed by atoms with Gasteiger partial charge in [-0.3, -0.25) is 4.90 Å². The number of rotatable bonds is 2. The minimum Gasteiger partial charge on any atom is -0.378 e. The fourth-order valence-electron chi connectivity index (χ4n) is 3.17. The summed E-state index contributed by atoms with van der Waals surface area (Å²) in [6, 6.07) is 10.8. The van der Waals surface area contributed by atoms with Crippen LogP contribution in [0.15, 0.2) is 30.3 Å². The molecule has 2 aliphatic heterocycles. The first kappa shape index (κ1) is 12.2. The lowest BCUT2D eigenvalue weighted by molar-refractivity contribution is -0.0132. The number of piperidine rings is 1. The average molecular weight is 246 g/mol. The van der Waals surface area contributed by atoms with E-state index in [4.69, 9.17) is 4.74 Å². The Morgan fingerprint density at radius 1 is 1.28 bits per heavy atom. The summed E-state index contributed by atoms with van der Waals surface area (Å²) in [5.41, 5.74) is 1.62. The van der Waals surface area contributed by atoms with E-state index in [1.807, 2.05) is 0 Å². The molecule has 2 fully saturated rings. The Kier molecular flexibility index (Phi) is 3.64. The SMILES string of the molecule is c1ccc(CN2CCCC3(COCCN3)C2)cc1. The molecule has 98 valence electrons. The summed E-state index contributed by atoms with van der Waals surface area (Å²) in [4.78, 5) is 2.56. The van der Waals surface area contributed by atoms with Crippen molar-refractivity contribution in [1.29, 1.82) is 0 Å². The van der Waals surface area contributed by atoms with Crippen LogP contribution < -0.4 is 5.32 Å². The number of morpholine rings is 1. The van der Waals surface area contributed by atoms with E-state index in [1.54, 1.807) is 0 Å². The third-order valence-corrected chi connectivity index (χ3v) is 4.03. The Balaban J connectivity index is 1.63. The Labute approximate surface area is 109 Å². The molecule has 3 rings (SSSR count). The number of nitrogens with one attached hydrogen (secondary N) is 1. The van der Waals surface area contributed by atoms with Crippen molar-refractivity contribution in [2.45, 2.75) is 24.9 Å². The van der Waals surface area contributed by atoms with Gasteiger partial charge in [0.2, 0.25) is 0 Å². The van der Waals surface area contributed by atoms with Gasteiger partial charge in [0.1, 0.15) is 0 Å². The van der Waals surface area contributed by atoms with Crippen LogP contribution >= 0.6 is 0 Å². The van der Waals surface area contributed by atoms with Crippen LogP contribution in [0, 0.1) is 0 Å².